The summed E-state index contributed by atoms with van der Waals surface area (Å²) in [6, 6.07) is 0.0387. The van der Waals surface area contributed by atoms with Crippen LogP contribution in [-0.2, 0) is 28.7 Å². The lowest BCUT2D eigenvalue weighted by Gasteiger charge is -2.32. The fraction of sp³-hybridized carbons (Fsp3) is 0.815. The summed E-state index contributed by atoms with van der Waals surface area (Å²) in [6.07, 6.45) is 3.48. The van der Waals surface area contributed by atoms with Crippen LogP contribution < -0.4 is 10.6 Å². The van der Waals surface area contributed by atoms with Gasteiger partial charge in [0.05, 0.1) is 26.2 Å². The number of rotatable bonds is 18. The van der Waals surface area contributed by atoms with E-state index in [9.17, 15) is 39.3 Å². The van der Waals surface area contributed by atoms with Crippen molar-refractivity contribution in [1.29, 1.82) is 0 Å². The highest BCUT2D eigenvalue weighted by atomic mass is 16.5. The lowest BCUT2D eigenvalue weighted by molar-refractivity contribution is -0.140. The molecule has 0 aromatic heterocycles. The van der Waals surface area contributed by atoms with Crippen LogP contribution in [0.25, 0.3) is 0 Å². The Balaban J connectivity index is 2.63. The summed E-state index contributed by atoms with van der Waals surface area (Å²) in [4.78, 5) is 65.8. The third kappa shape index (κ3) is 19.3. The SMILES string of the molecule is COCCCC(=O)N[C@H](C)CCCCNC(=O)CN1CCN(CC(=O)O)CCN(CC(=O)O)CCN(CC(=O)O)CC1. The first-order chi connectivity index (χ1) is 20.0. The summed E-state index contributed by atoms with van der Waals surface area (Å²) < 4.78 is 4.96. The number of unbranched alkanes of at least 4 members (excludes halogenated alkanes) is 1. The van der Waals surface area contributed by atoms with Gasteiger partial charge in [-0.05, 0) is 32.6 Å². The van der Waals surface area contributed by atoms with Gasteiger partial charge in [-0.15, -0.1) is 0 Å². The quantitative estimate of drug-likeness (QED) is 0.116. The van der Waals surface area contributed by atoms with Crippen molar-refractivity contribution in [2.45, 2.75) is 45.1 Å². The van der Waals surface area contributed by atoms with E-state index in [-0.39, 0.29) is 44.0 Å². The van der Waals surface area contributed by atoms with Gasteiger partial charge in [0.2, 0.25) is 11.8 Å². The van der Waals surface area contributed by atoms with Crippen molar-refractivity contribution < 1.29 is 44.0 Å². The van der Waals surface area contributed by atoms with Crippen LogP contribution in [0.1, 0.15) is 39.0 Å². The Hall–Kier alpha value is -2.85. The summed E-state index contributed by atoms with van der Waals surface area (Å²) in [5, 5.41) is 33.8. The molecule has 0 aromatic rings. The standard InChI is InChI=1S/C27H50N6O9/c1-22(29-23(34)7-5-17-42-2)6-3-4-8-28-24(35)18-30-9-11-31(19-25(36)37)13-15-33(21-27(40)41)16-14-32(12-10-30)20-26(38)39/h22H,3-21H2,1-2H3,(H,28,35)(H,29,34)(H,36,37)(H,38,39)(H,40,41)/t22-/m1/s1. The van der Waals surface area contributed by atoms with Gasteiger partial charge in [0.25, 0.3) is 0 Å². The highest BCUT2D eigenvalue weighted by Crippen LogP contribution is 2.03. The Labute approximate surface area is 248 Å². The van der Waals surface area contributed by atoms with Crippen molar-refractivity contribution in [3.8, 4) is 0 Å². The number of carboxylic acid groups (broad SMARTS) is 3. The summed E-state index contributed by atoms with van der Waals surface area (Å²) in [5.41, 5.74) is 0. The highest BCUT2D eigenvalue weighted by Gasteiger charge is 2.21. The minimum absolute atomic E-state index is 0.000333. The zero-order valence-corrected chi connectivity index (χ0v) is 25.1. The average Bonchev–Trinajstić information content (AvgIpc) is 2.89. The molecule has 15 nitrogen and oxygen atoms in total. The van der Waals surface area contributed by atoms with E-state index in [0.717, 1.165) is 19.3 Å². The van der Waals surface area contributed by atoms with Gasteiger partial charge in [0.1, 0.15) is 0 Å². The van der Waals surface area contributed by atoms with Crippen molar-refractivity contribution in [3.63, 3.8) is 0 Å². The molecule has 0 radical (unpaired) electrons. The molecule has 0 spiro atoms. The Bertz CT molecular complexity index is 815. The molecule has 1 saturated heterocycles. The molecular weight excluding hydrogens is 552 g/mol. The molecule has 242 valence electrons. The van der Waals surface area contributed by atoms with Crippen molar-refractivity contribution in [2.24, 2.45) is 0 Å². The van der Waals surface area contributed by atoms with Crippen molar-refractivity contribution in [3.05, 3.63) is 0 Å². The van der Waals surface area contributed by atoms with Gasteiger partial charge in [0.15, 0.2) is 0 Å². The maximum Gasteiger partial charge on any atom is 0.317 e. The summed E-state index contributed by atoms with van der Waals surface area (Å²) in [6.45, 7) is 5.20. The van der Waals surface area contributed by atoms with E-state index in [1.54, 1.807) is 21.8 Å². The van der Waals surface area contributed by atoms with Crippen molar-refractivity contribution in [2.75, 3.05) is 98.8 Å². The maximum atomic E-state index is 12.7. The van der Waals surface area contributed by atoms with Crippen LogP contribution in [0.5, 0.6) is 0 Å². The monoisotopic (exact) mass is 602 g/mol. The van der Waals surface area contributed by atoms with Crippen LogP contribution in [0.2, 0.25) is 0 Å². The zero-order valence-electron chi connectivity index (χ0n) is 25.1. The van der Waals surface area contributed by atoms with Gasteiger partial charge in [-0.1, -0.05) is 0 Å². The van der Waals surface area contributed by atoms with E-state index in [4.69, 9.17) is 4.74 Å². The number of nitrogens with one attached hydrogen (secondary N) is 2. The first kappa shape index (κ1) is 37.2. The second kappa shape index (κ2) is 21.8. The van der Waals surface area contributed by atoms with Gasteiger partial charge >= 0.3 is 17.9 Å². The van der Waals surface area contributed by atoms with Crippen LogP contribution in [0.4, 0.5) is 0 Å². The Morgan fingerprint density at radius 1 is 0.667 bits per heavy atom. The van der Waals surface area contributed by atoms with E-state index in [2.05, 4.69) is 10.6 Å². The molecule has 15 heteroatoms. The topological polar surface area (TPSA) is 192 Å². The minimum atomic E-state index is -1.01. The largest absolute Gasteiger partial charge is 0.480 e. The molecular formula is C27H50N6O9. The van der Waals surface area contributed by atoms with Gasteiger partial charge in [-0.3, -0.25) is 43.6 Å². The highest BCUT2D eigenvalue weighted by molar-refractivity contribution is 5.78. The van der Waals surface area contributed by atoms with Crippen molar-refractivity contribution in [1.82, 2.24) is 30.2 Å². The zero-order chi connectivity index (χ0) is 31.3. The molecule has 1 aliphatic rings. The molecule has 0 bridgehead atoms. The van der Waals surface area contributed by atoms with E-state index in [0.29, 0.717) is 78.4 Å². The molecule has 42 heavy (non-hydrogen) atoms. The summed E-state index contributed by atoms with van der Waals surface area (Å²) in [7, 11) is 1.60. The predicted octanol–water partition coefficient (Wildman–Crippen LogP) is -1.32. The Morgan fingerprint density at radius 3 is 1.50 bits per heavy atom. The molecule has 1 atom stereocenters. The van der Waals surface area contributed by atoms with Gasteiger partial charge in [-0.25, -0.2) is 0 Å². The number of hydrogen-bond donors (Lipinski definition) is 5. The molecule has 2 amide bonds. The third-order valence-corrected chi connectivity index (χ3v) is 6.92. The van der Waals surface area contributed by atoms with Gasteiger partial charge < -0.3 is 30.7 Å². The van der Waals surface area contributed by atoms with E-state index in [1.165, 1.54) is 0 Å². The predicted molar refractivity (Wildman–Crippen MR) is 154 cm³/mol. The Morgan fingerprint density at radius 2 is 1.10 bits per heavy atom. The average molecular weight is 603 g/mol. The van der Waals surface area contributed by atoms with E-state index in [1.807, 2.05) is 11.8 Å². The Kier molecular flexibility index (Phi) is 19.3. The summed E-state index contributed by atoms with van der Waals surface area (Å²) >= 11 is 0. The van der Waals surface area contributed by atoms with Crippen LogP contribution in [0, 0.1) is 0 Å². The minimum Gasteiger partial charge on any atom is -0.480 e. The lowest BCUT2D eigenvalue weighted by atomic mass is 10.1. The van der Waals surface area contributed by atoms with E-state index >= 15 is 0 Å². The number of aliphatic carboxylic acids is 3. The molecule has 1 heterocycles. The number of hydrogen-bond acceptors (Lipinski definition) is 10. The third-order valence-electron chi connectivity index (χ3n) is 6.92. The molecule has 0 aliphatic carbocycles. The molecule has 0 unspecified atom stereocenters. The fourth-order valence-corrected chi connectivity index (χ4v) is 4.64. The number of amides is 2. The smallest absolute Gasteiger partial charge is 0.317 e. The number of methoxy groups -OCH3 is 1. The van der Waals surface area contributed by atoms with Crippen LogP contribution >= 0.6 is 0 Å². The molecule has 0 aromatic carbocycles. The van der Waals surface area contributed by atoms with Crippen LogP contribution in [0.15, 0.2) is 0 Å². The second-order valence-electron chi connectivity index (χ2n) is 10.7. The summed E-state index contributed by atoms with van der Waals surface area (Å²) in [5.74, 6) is -3.18. The van der Waals surface area contributed by atoms with Gasteiger partial charge in [-0.2, -0.15) is 0 Å². The molecule has 1 rings (SSSR count). The first-order valence-electron chi connectivity index (χ1n) is 14.6. The lowest BCUT2D eigenvalue weighted by Crippen LogP contribution is -2.49. The van der Waals surface area contributed by atoms with E-state index < -0.39 is 17.9 Å². The number of carboxylic acids is 3. The number of carbonyl (C=O) groups is 5. The first-order valence-corrected chi connectivity index (χ1v) is 14.6. The number of carbonyl (C=O) groups excluding carboxylic acids is 2. The number of nitrogens with zero attached hydrogens (tertiary/aromatic N) is 4. The molecule has 1 aliphatic heterocycles. The molecule has 5 N–H and O–H groups in total. The van der Waals surface area contributed by atoms with Gasteiger partial charge in [0, 0.05) is 85.1 Å². The molecule has 1 fully saturated rings. The molecule has 0 saturated carbocycles. The number of ether oxygens (including phenoxy) is 1. The second-order valence-corrected chi connectivity index (χ2v) is 10.7. The fourth-order valence-electron chi connectivity index (χ4n) is 4.64. The van der Waals surface area contributed by atoms with Crippen molar-refractivity contribution >= 4 is 29.7 Å². The van der Waals surface area contributed by atoms with Crippen LogP contribution in [0.3, 0.4) is 0 Å². The normalized spacial score (nSPS) is 17.5. The maximum absolute atomic E-state index is 12.7. The van der Waals surface area contributed by atoms with Crippen LogP contribution in [-0.4, -0.2) is 169 Å².